The van der Waals surface area contributed by atoms with Crippen LogP contribution in [0.2, 0.25) is 0 Å². The molecule has 4 radical (unpaired) electrons. The molecule has 0 aliphatic heterocycles. The first-order valence-electron chi connectivity index (χ1n) is 7.11. The van der Waals surface area contributed by atoms with Crippen LogP contribution in [0.15, 0.2) is 24.3 Å². The standard InChI is InChI=1S/2C8H12.4ClH.2Pd/c2*1-2-4-6-8-7-5-3-1;;;;;;/h2*1-4H,5-8H2;4*1H;;/q;;;;;;2*+2/p-4/b2*3-1-;;;;;;. The van der Waals surface area contributed by atoms with E-state index in [-0.39, 0.29) is 31.9 Å². The van der Waals surface area contributed by atoms with Gasteiger partial charge < -0.3 is 0 Å². The number of hydrogen-bond acceptors (Lipinski definition) is 0. The van der Waals surface area contributed by atoms with Crippen molar-refractivity contribution in [2.45, 2.75) is 51.4 Å². The summed E-state index contributed by atoms with van der Waals surface area (Å²) in [7, 11) is 19.3. The van der Waals surface area contributed by atoms with E-state index in [1.165, 1.54) is 51.4 Å². The van der Waals surface area contributed by atoms with E-state index in [9.17, 15) is 0 Å². The molecular formula is C16H24Cl4Pd2. The summed E-state index contributed by atoms with van der Waals surface area (Å²) in [5.74, 6) is 0. The Morgan fingerprint density at radius 2 is 0.864 bits per heavy atom. The number of hydrogen-bond donors (Lipinski definition) is 0. The molecule has 0 bridgehead atoms. The van der Waals surface area contributed by atoms with Gasteiger partial charge in [0.15, 0.2) is 0 Å². The third kappa shape index (κ3) is 29.9. The van der Waals surface area contributed by atoms with Gasteiger partial charge in [0.1, 0.15) is 0 Å². The Labute approximate surface area is 170 Å². The molecule has 0 aromatic heterocycles. The van der Waals surface area contributed by atoms with Gasteiger partial charge in [0.25, 0.3) is 0 Å². The molecule has 0 aromatic rings. The molecule has 6 heteroatoms. The van der Waals surface area contributed by atoms with Crippen LogP contribution in [0.1, 0.15) is 51.4 Å². The van der Waals surface area contributed by atoms with E-state index in [4.69, 9.17) is 38.1 Å². The van der Waals surface area contributed by atoms with Crippen LogP contribution in [0.5, 0.6) is 0 Å². The summed E-state index contributed by atoms with van der Waals surface area (Å²) in [6.07, 6.45) is 28.0. The van der Waals surface area contributed by atoms with E-state index in [0.29, 0.717) is 0 Å². The van der Waals surface area contributed by atoms with E-state index in [2.05, 4.69) is 50.0 Å². The molecule has 0 heterocycles. The average molecular weight is 571 g/mol. The maximum atomic E-state index is 4.81. The van der Waals surface area contributed by atoms with Crippen molar-refractivity contribution in [3.8, 4) is 0 Å². The fourth-order valence-electron chi connectivity index (χ4n) is 1.75. The number of halogens is 4. The average Bonchev–Trinajstić information content (AvgIpc) is 2.39. The van der Waals surface area contributed by atoms with Gasteiger partial charge >= 0.3 is 70.0 Å². The van der Waals surface area contributed by atoms with Crippen molar-refractivity contribution in [3.63, 3.8) is 0 Å². The quantitative estimate of drug-likeness (QED) is 0.261. The summed E-state index contributed by atoms with van der Waals surface area (Å²) >= 11 is -0.211. The second-order valence-electron chi connectivity index (χ2n) is 4.37. The topological polar surface area (TPSA) is 0 Å². The minimum atomic E-state index is -0.106. The van der Waals surface area contributed by atoms with Crippen molar-refractivity contribution < 1.29 is 31.9 Å². The molecule has 0 N–H and O–H groups in total. The first-order valence-corrected chi connectivity index (χ1v) is 15.1. The van der Waals surface area contributed by atoms with Crippen molar-refractivity contribution in [1.82, 2.24) is 0 Å². The predicted octanol–water partition coefficient (Wildman–Crippen LogP) is 7.80. The van der Waals surface area contributed by atoms with Gasteiger partial charge in [0.05, 0.1) is 0 Å². The van der Waals surface area contributed by atoms with Crippen molar-refractivity contribution >= 4 is 38.1 Å². The van der Waals surface area contributed by atoms with Crippen molar-refractivity contribution in [1.29, 1.82) is 0 Å². The molecular weight excluding hydrogens is 547 g/mol. The molecule has 0 fully saturated rings. The number of allylic oxidation sites excluding steroid dienone is 4. The van der Waals surface area contributed by atoms with Crippen LogP contribution in [0.3, 0.4) is 0 Å². The molecule has 0 nitrogen and oxygen atoms in total. The van der Waals surface area contributed by atoms with Gasteiger partial charge in [-0.05, 0) is 64.2 Å². The summed E-state index contributed by atoms with van der Waals surface area (Å²) in [5.41, 5.74) is 0. The first kappa shape index (κ1) is 26.2. The Kier molecular flexibility index (Phi) is 33.1. The molecule has 0 atom stereocenters. The molecule has 0 amide bonds. The van der Waals surface area contributed by atoms with E-state index in [1.54, 1.807) is 0 Å². The summed E-state index contributed by atoms with van der Waals surface area (Å²) in [5, 5.41) is 0. The molecule has 0 aromatic carbocycles. The minimum absolute atomic E-state index is 0.106. The molecule has 0 spiro atoms. The monoisotopic (exact) mass is 568 g/mol. The van der Waals surface area contributed by atoms with Gasteiger partial charge in [-0.15, -0.1) is 0 Å². The predicted molar refractivity (Wildman–Crippen MR) is 95.8 cm³/mol. The molecule has 2 aliphatic carbocycles. The van der Waals surface area contributed by atoms with E-state index in [1.807, 2.05) is 0 Å². The fraction of sp³-hybridized carbons (Fsp3) is 0.500. The molecule has 2 aliphatic rings. The maximum absolute atomic E-state index is 4.81. The molecule has 0 saturated carbocycles. The third-order valence-electron chi connectivity index (χ3n) is 2.75. The van der Waals surface area contributed by atoms with Gasteiger partial charge in [-0.2, -0.15) is 0 Å². The van der Waals surface area contributed by atoms with Crippen molar-refractivity contribution in [3.05, 3.63) is 50.0 Å². The number of rotatable bonds is 0. The summed E-state index contributed by atoms with van der Waals surface area (Å²) in [6.45, 7) is 0. The second-order valence-corrected chi connectivity index (χ2v) is 9.09. The molecule has 0 unspecified atom stereocenters. The Morgan fingerprint density at radius 1 is 0.545 bits per heavy atom. The fourth-order valence-corrected chi connectivity index (χ4v) is 1.75. The summed E-state index contributed by atoms with van der Waals surface area (Å²) < 4.78 is 0. The van der Waals surface area contributed by atoms with Gasteiger partial charge in [-0.1, -0.05) is 37.1 Å². The summed E-state index contributed by atoms with van der Waals surface area (Å²) in [6, 6.07) is 0. The van der Waals surface area contributed by atoms with Gasteiger partial charge in [-0.3, -0.25) is 0 Å². The van der Waals surface area contributed by atoms with E-state index >= 15 is 0 Å². The van der Waals surface area contributed by atoms with Crippen LogP contribution in [0, 0.1) is 25.7 Å². The van der Waals surface area contributed by atoms with Crippen molar-refractivity contribution in [2.75, 3.05) is 0 Å². The van der Waals surface area contributed by atoms with Crippen LogP contribution < -0.4 is 0 Å². The van der Waals surface area contributed by atoms with Gasteiger partial charge in [0.2, 0.25) is 0 Å². The molecule has 22 heavy (non-hydrogen) atoms. The van der Waals surface area contributed by atoms with Crippen LogP contribution in [0.25, 0.3) is 0 Å². The Balaban J connectivity index is 0. The molecule has 2 rings (SSSR count). The third-order valence-corrected chi connectivity index (χ3v) is 2.75. The zero-order chi connectivity index (χ0) is 16.7. The first-order chi connectivity index (χ1) is 10.8. The Hall–Kier alpha value is 1.96. The van der Waals surface area contributed by atoms with Gasteiger partial charge in [-0.25, -0.2) is 0 Å². The van der Waals surface area contributed by atoms with Crippen molar-refractivity contribution in [2.24, 2.45) is 0 Å². The Bertz CT molecular complexity index is 192. The molecule has 0 saturated heterocycles. The normalized spacial score (nSPS) is 20.9. The van der Waals surface area contributed by atoms with Crippen LogP contribution >= 0.6 is 38.1 Å². The van der Waals surface area contributed by atoms with Crippen LogP contribution in [0.4, 0.5) is 0 Å². The van der Waals surface area contributed by atoms with Crippen LogP contribution in [-0.4, -0.2) is 0 Å². The van der Waals surface area contributed by atoms with Crippen LogP contribution in [-0.2, 0) is 31.9 Å². The Morgan fingerprint density at radius 3 is 1.23 bits per heavy atom. The summed E-state index contributed by atoms with van der Waals surface area (Å²) in [4.78, 5) is 0. The SMILES string of the molecule is [CH]1[CH]CCCC/C=C\1.[CH]1[CH]CCCC/C=C\1.[Cl][Pd][Cl].[Cl][Pd][Cl]. The molecule has 136 valence electrons. The second kappa shape index (κ2) is 27.8. The van der Waals surface area contributed by atoms with E-state index in [0.717, 1.165) is 0 Å². The van der Waals surface area contributed by atoms with E-state index < -0.39 is 0 Å². The zero-order valence-corrected chi connectivity index (χ0v) is 18.6. The van der Waals surface area contributed by atoms with Gasteiger partial charge in [0, 0.05) is 0 Å². The zero-order valence-electron chi connectivity index (χ0n) is 12.4.